The Balaban J connectivity index is 1.54. The fraction of sp³-hybridized carbons (Fsp3) is 0.133. The number of ether oxygens (including phenoxy) is 2. The van der Waals surface area contributed by atoms with E-state index in [9.17, 15) is 10.1 Å². The van der Waals surface area contributed by atoms with Crippen molar-refractivity contribution in [2.24, 2.45) is 0 Å². The molecule has 5 nitrogen and oxygen atoms in total. The minimum atomic E-state index is -0.471. The Hall–Kier alpha value is -4.56. The zero-order valence-corrected chi connectivity index (χ0v) is 19.7. The first-order valence-electron chi connectivity index (χ1n) is 11.4. The van der Waals surface area contributed by atoms with Crippen LogP contribution in [0.3, 0.4) is 0 Å². The molecule has 0 aliphatic carbocycles. The van der Waals surface area contributed by atoms with Crippen molar-refractivity contribution in [2.45, 2.75) is 20.5 Å². The Morgan fingerprint density at radius 2 is 1.71 bits per heavy atom. The molecule has 35 heavy (non-hydrogen) atoms. The molecule has 4 rings (SSSR count). The highest BCUT2D eigenvalue weighted by Gasteiger charge is 2.13. The van der Waals surface area contributed by atoms with E-state index in [1.54, 1.807) is 24.3 Å². The van der Waals surface area contributed by atoms with E-state index in [4.69, 9.17) is 9.47 Å². The third-order valence-electron chi connectivity index (χ3n) is 5.50. The van der Waals surface area contributed by atoms with Crippen LogP contribution in [0.5, 0.6) is 11.5 Å². The third kappa shape index (κ3) is 5.87. The van der Waals surface area contributed by atoms with E-state index in [1.807, 2.05) is 86.6 Å². The zero-order chi connectivity index (χ0) is 24.6. The Kier molecular flexibility index (Phi) is 7.44. The lowest BCUT2D eigenvalue weighted by atomic mass is 10.1. The summed E-state index contributed by atoms with van der Waals surface area (Å²) in [4.78, 5) is 12.9. The minimum absolute atomic E-state index is 0.00583. The van der Waals surface area contributed by atoms with E-state index in [1.165, 1.54) is 5.56 Å². The van der Waals surface area contributed by atoms with Crippen LogP contribution in [0.25, 0.3) is 16.8 Å². The summed E-state index contributed by atoms with van der Waals surface area (Å²) in [6.45, 7) is 4.81. The van der Waals surface area contributed by atoms with Crippen molar-refractivity contribution in [2.75, 3.05) is 11.9 Å². The summed E-state index contributed by atoms with van der Waals surface area (Å²) in [5, 5.41) is 14.5. The summed E-state index contributed by atoms with van der Waals surface area (Å²) in [5.41, 5.74) is 3.56. The van der Waals surface area contributed by atoms with Gasteiger partial charge in [-0.2, -0.15) is 5.26 Å². The molecule has 4 aromatic carbocycles. The van der Waals surface area contributed by atoms with E-state index in [2.05, 4.69) is 5.32 Å². The second kappa shape index (κ2) is 11.0. The average Bonchev–Trinajstić information content (AvgIpc) is 2.88. The van der Waals surface area contributed by atoms with Gasteiger partial charge in [-0.1, -0.05) is 72.3 Å². The molecule has 0 atom stereocenters. The smallest absolute Gasteiger partial charge is 0.266 e. The Bertz CT molecular complexity index is 1410. The van der Waals surface area contributed by atoms with Gasteiger partial charge in [-0.05, 0) is 54.6 Å². The molecule has 174 valence electrons. The van der Waals surface area contributed by atoms with Gasteiger partial charge in [0.15, 0.2) is 11.5 Å². The molecule has 0 unspecified atom stereocenters. The predicted molar refractivity (Wildman–Crippen MR) is 139 cm³/mol. The summed E-state index contributed by atoms with van der Waals surface area (Å²) < 4.78 is 11.7. The minimum Gasteiger partial charge on any atom is -0.490 e. The van der Waals surface area contributed by atoms with Crippen molar-refractivity contribution in [1.29, 1.82) is 5.26 Å². The van der Waals surface area contributed by atoms with E-state index < -0.39 is 5.91 Å². The predicted octanol–water partition coefficient (Wildman–Crippen LogP) is 6.67. The van der Waals surface area contributed by atoms with Gasteiger partial charge in [-0.25, -0.2) is 0 Å². The van der Waals surface area contributed by atoms with Crippen LogP contribution in [0.1, 0.15) is 23.6 Å². The summed E-state index contributed by atoms with van der Waals surface area (Å²) >= 11 is 0. The highest BCUT2D eigenvalue weighted by Crippen LogP contribution is 2.30. The number of carbonyl (C=O) groups is 1. The lowest BCUT2D eigenvalue weighted by molar-refractivity contribution is -0.112. The van der Waals surface area contributed by atoms with Gasteiger partial charge in [0.2, 0.25) is 0 Å². The number of aryl methyl sites for hydroxylation is 1. The van der Waals surface area contributed by atoms with Crippen LogP contribution in [0, 0.1) is 18.3 Å². The molecule has 0 heterocycles. The molecule has 1 amide bonds. The molecule has 4 aromatic rings. The van der Waals surface area contributed by atoms with Crippen LogP contribution in [0.2, 0.25) is 0 Å². The van der Waals surface area contributed by atoms with E-state index in [0.717, 1.165) is 16.3 Å². The standard InChI is InChI=1S/C30H26N2O3/c1-3-34-29-18-23(15-16-28(29)35-20-22-13-11-21(2)12-14-22)17-25(19-31)30(33)32-27-10-6-8-24-7-4-5-9-26(24)27/h4-18H,3,20H2,1-2H3,(H,32,33)/b25-17+. The number of benzene rings is 4. The number of hydrogen-bond donors (Lipinski definition) is 1. The number of fused-ring (bicyclic) bond motifs is 1. The topological polar surface area (TPSA) is 71.3 Å². The number of carbonyl (C=O) groups excluding carboxylic acids is 1. The van der Waals surface area contributed by atoms with Crippen molar-refractivity contribution in [1.82, 2.24) is 0 Å². The lowest BCUT2D eigenvalue weighted by Gasteiger charge is -2.13. The number of hydrogen-bond acceptors (Lipinski definition) is 4. The van der Waals surface area contributed by atoms with Crippen LogP contribution in [-0.4, -0.2) is 12.5 Å². The number of rotatable bonds is 8. The van der Waals surface area contributed by atoms with Crippen molar-refractivity contribution >= 4 is 28.4 Å². The number of nitrogens with one attached hydrogen (secondary N) is 1. The highest BCUT2D eigenvalue weighted by molar-refractivity contribution is 6.12. The Labute approximate surface area is 205 Å². The molecule has 1 N–H and O–H groups in total. The first kappa shape index (κ1) is 23.6. The van der Waals surface area contributed by atoms with E-state index in [0.29, 0.717) is 36.0 Å². The van der Waals surface area contributed by atoms with Crippen LogP contribution in [-0.2, 0) is 11.4 Å². The van der Waals surface area contributed by atoms with Gasteiger partial charge in [0, 0.05) is 11.1 Å². The van der Waals surface area contributed by atoms with Gasteiger partial charge >= 0.3 is 0 Å². The zero-order valence-electron chi connectivity index (χ0n) is 19.7. The first-order valence-corrected chi connectivity index (χ1v) is 11.4. The molecule has 0 aromatic heterocycles. The maximum absolute atomic E-state index is 12.9. The molecule has 0 saturated heterocycles. The SMILES string of the molecule is CCOc1cc(/C=C(\C#N)C(=O)Nc2cccc3ccccc23)ccc1OCc1ccc(C)cc1. The van der Waals surface area contributed by atoms with Crippen molar-refractivity contribution in [3.05, 3.63) is 107 Å². The van der Waals surface area contributed by atoms with Crippen molar-refractivity contribution < 1.29 is 14.3 Å². The van der Waals surface area contributed by atoms with Crippen LogP contribution in [0.4, 0.5) is 5.69 Å². The lowest BCUT2D eigenvalue weighted by Crippen LogP contribution is -2.13. The van der Waals surface area contributed by atoms with Crippen LogP contribution in [0.15, 0.2) is 90.5 Å². The van der Waals surface area contributed by atoms with Gasteiger partial charge < -0.3 is 14.8 Å². The van der Waals surface area contributed by atoms with Crippen molar-refractivity contribution in [3.63, 3.8) is 0 Å². The monoisotopic (exact) mass is 462 g/mol. The molecule has 0 aliphatic rings. The number of nitrogens with zero attached hydrogens (tertiary/aromatic N) is 1. The van der Waals surface area contributed by atoms with Gasteiger partial charge in [0.25, 0.3) is 5.91 Å². The summed E-state index contributed by atoms with van der Waals surface area (Å²) in [6.07, 6.45) is 1.55. The van der Waals surface area contributed by atoms with Gasteiger partial charge in [0.1, 0.15) is 18.2 Å². The number of amides is 1. The van der Waals surface area contributed by atoms with Crippen molar-refractivity contribution in [3.8, 4) is 17.6 Å². The van der Waals surface area contributed by atoms with Gasteiger partial charge in [0.05, 0.1) is 6.61 Å². The first-order chi connectivity index (χ1) is 17.1. The Morgan fingerprint density at radius 3 is 2.49 bits per heavy atom. The third-order valence-corrected chi connectivity index (χ3v) is 5.50. The molecular formula is C30H26N2O3. The molecule has 0 spiro atoms. The maximum Gasteiger partial charge on any atom is 0.266 e. The molecular weight excluding hydrogens is 436 g/mol. The fourth-order valence-electron chi connectivity index (χ4n) is 3.69. The highest BCUT2D eigenvalue weighted by atomic mass is 16.5. The van der Waals surface area contributed by atoms with Crippen LogP contribution < -0.4 is 14.8 Å². The quantitative estimate of drug-likeness (QED) is 0.234. The summed E-state index contributed by atoms with van der Waals surface area (Å²) in [5.74, 6) is 0.685. The molecule has 5 heteroatoms. The second-order valence-electron chi connectivity index (χ2n) is 8.06. The number of nitriles is 1. The molecule has 0 bridgehead atoms. The number of anilines is 1. The fourth-order valence-corrected chi connectivity index (χ4v) is 3.69. The van der Waals surface area contributed by atoms with Gasteiger partial charge in [-0.15, -0.1) is 0 Å². The average molecular weight is 463 g/mol. The van der Waals surface area contributed by atoms with Gasteiger partial charge in [-0.3, -0.25) is 4.79 Å². The largest absolute Gasteiger partial charge is 0.490 e. The van der Waals surface area contributed by atoms with E-state index in [-0.39, 0.29) is 5.57 Å². The molecule has 0 aliphatic heterocycles. The van der Waals surface area contributed by atoms with E-state index >= 15 is 0 Å². The second-order valence-corrected chi connectivity index (χ2v) is 8.06. The Morgan fingerprint density at radius 1 is 0.943 bits per heavy atom. The molecule has 0 radical (unpaired) electrons. The maximum atomic E-state index is 12.9. The molecule has 0 fully saturated rings. The summed E-state index contributed by atoms with van der Waals surface area (Å²) in [7, 11) is 0. The van der Waals surface area contributed by atoms with Crippen LogP contribution >= 0.6 is 0 Å². The summed E-state index contributed by atoms with van der Waals surface area (Å²) in [6, 6.07) is 29.0. The molecule has 0 saturated carbocycles. The normalized spacial score (nSPS) is 11.1.